The van der Waals surface area contributed by atoms with Gasteiger partial charge in [-0.05, 0) is 78.4 Å². The van der Waals surface area contributed by atoms with Crippen molar-refractivity contribution < 1.29 is 20.1 Å². The monoisotopic (exact) mass is 521 g/mol. The van der Waals surface area contributed by atoms with Crippen molar-refractivity contribution in [1.29, 1.82) is 0 Å². The van der Waals surface area contributed by atoms with E-state index < -0.39 is 5.60 Å². The smallest absolute Gasteiger partial charge is 0.407 e. The van der Waals surface area contributed by atoms with Crippen LogP contribution in [0.1, 0.15) is 86.3 Å². The van der Waals surface area contributed by atoms with Crippen molar-refractivity contribution >= 4 is 28.8 Å². The molecule has 3 rings (SSSR count). The van der Waals surface area contributed by atoms with Crippen LogP contribution in [-0.4, -0.2) is 56.0 Å². The highest BCUT2D eigenvalue weighted by Gasteiger charge is 2.31. The van der Waals surface area contributed by atoms with Crippen molar-refractivity contribution in [3.05, 3.63) is 23.3 Å². The number of aromatic nitrogens is 1. The summed E-state index contributed by atoms with van der Waals surface area (Å²) in [6, 6.07) is 4.04. The molecule has 1 amide bonds. The number of ether oxygens (including phenoxy) is 1. The molecule has 0 spiro atoms. The number of likely N-dealkylation sites (tertiary alicyclic amines) is 1. The van der Waals surface area contributed by atoms with Crippen LogP contribution in [0.2, 0.25) is 0 Å². The summed E-state index contributed by atoms with van der Waals surface area (Å²) in [5.74, 6) is 0.342. The van der Waals surface area contributed by atoms with Crippen LogP contribution in [0.5, 0.6) is 5.75 Å². The summed E-state index contributed by atoms with van der Waals surface area (Å²) in [6.45, 7) is 21.6. The van der Waals surface area contributed by atoms with Gasteiger partial charge in [-0.15, -0.1) is 0 Å². The van der Waals surface area contributed by atoms with Crippen LogP contribution in [0.4, 0.5) is 4.79 Å². The summed E-state index contributed by atoms with van der Waals surface area (Å²) < 4.78 is 5.55. The zero-order chi connectivity index (χ0) is 26.2. The Morgan fingerprint density at radius 2 is 1.69 bits per heavy atom. The van der Waals surface area contributed by atoms with Crippen LogP contribution in [0.3, 0.4) is 0 Å². The molecule has 1 aliphatic rings. The van der Waals surface area contributed by atoms with Crippen molar-refractivity contribution in [3.63, 3.8) is 0 Å². The molecule has 36 heavy (non-hydrogen) atoms. The molecule has 1 aromatic carbocycles. The minimum absolute atomic E-state index is 0. The van der Waals surface area contributed by atoms with E-state index in [4.69, 9.17) is 4.74 Å². The number of H-pyrrole nitrogens is 1. The number of piperidine rings is 1. The third-order valence-electron chi connectivity index (χ3n) is 5.99. The lowest BCUT2D eigenvalue weighted by Crippen LogP contribution is -2.45. The molecule has 0 radical (unpaired) electrons. The van der Waals surface area contributed by atoms with E-state index in [2.05, 4.69) is 62.8 Å². The Hall–Kier alpha value is -1.90. The number of phenols is 1. The number of amides is 1. The summed E-state index contributed by atoms with van der Waals surface area (Å²) in [7, 11) is 0. The Balaban J connectivity index is 0.00000456. The Morgan fingerprint density at radius 3 is 2.22 bits per heavy atom. The van der Waals surface area contributed by atoms with Crippen LogP contribution < -0.4 is 5.32 Å². The van der Waals surface area contributed by atoms with Crippen LogP contribution >= 0.6 is 0 Å². The number of thiol groups is 1. The molecule has 2 aromatic rings. The summed E-state index contributed by atoms with van der Waals surface area (Å²) in [6.07, 6.45) is 2.37. The highest BCUT2D eigenvalue weighted by Crippen LogP contribution is 2.37. The van der Waals surface area contributed by atoms with Gasteiger partial charge < -0.3 is 25.6 Å². The number of carbonyl (C=O) groups is 1. The van der Waals surface area contributed by atoms with E-state index in [-0.39, 0.29) is 27.8 Å². The van der Waals surface area contributed by atoms with Crippen LogP contribution in [0.25, 0.3) is 10.9 Å². The highest BCUT2D eigenvalue weighted by atomic mass is 32.2. The molecular formula is C28H47N3O4S. The van der Waals surface area contributed by atoms with E-state index in [0.29, 0.717) is 12.3 Å². The first-order valence-electron chi connectivity index (χ1n) is 12.8. The molecular weight excluding hydrogens is 474 g/mol. The predicted molar refractivity (Wildman–Crippen MR) is 150 cm³/mol. The molecule has 0 atom stereocenters. The van der Waals surface area contributed by atoms with Gasteiger partial charge in [0.25, 0.3) is 0 Å². The molecule has 1 aromatic heterocycles. The number of nitrogens with one attached hydrogen (secondary N) is 2. The number of phenolic OH excluding ortho intramolecular Hbond substituents is 1. The van der Waals surface area contributed by atoms with Crippen LogP contribution in [0, 0.1) is 5.41 Å². The van der Waals surface area contributed by atoms with E-state index in [1.165, 1.54) is 27.7 Å². The van der Waals surface area contributed by atoms with E-state index in [9.17, 15) is 9.90 Å². The van der Waals surface area contributed by atoms with Crippen molar-refractivity contribution in [2.75, 3.05) is 13.1 Å². The highest BCUT2D eigenvalue weighted by molar-refractivity contribution is 7.80. The average Bonchev–Trinajstić information content (AvgIpc) is 2.98. The molecule has 0 aliphatic carbocycles. The van der Waals surface area contributed by atoms with E-state index in [1.807, 2.05) is 26.8 Å². The molecule has 204 valence electrons. The van der Waals surface area contributed by atoms with E-state index >= 15 is 0 Å². The first-order chi connectivity index (χ1) is 16.0. The second kappa shape index (κ2) is 11.2. The van der Waals surface area contributed by atoms with E-state index in [0.717, 1.165) is 43.4 Å². The normalized spacial score (nSPS) is 16.1. The largest absolute Gasteiger partial charge is 0.870 e. The second-order valence-corrected chi connectivity index (χ2v) is 15.2. The number of benzene rings is 1. The van der Waals surface area contributed by atoms with Gasteiger partial charge in [0.05, 0.1) is 5.52 Å². The predicted octanol–water partition coefficient (Wildman–Crippen LogP) is 5.75. The van der Waals surface area contributed by atoms with Crippen LogP contribution in [0.15, 0.2) is 17.2 Å². The number of rotatable bonds is 5. The summed E-state index contributed by atoms with van der Waals surface area (Å²) >= 11 is 1.27. The Morgan fingerprint density at radius 1 is 1.08 bits per heavy atom. The van der Waals surface area contributed by atoms with Gasteiger partial charge >= 0.3 is 6.09 Å². The SMILES string of the molecule is CC(C)(C)Cc1c([SH+]C(C)(C)C)[nH]c2c(CN3CCC(NC(=O)OC(C)(C)C)CC3)c(O)ccc12.[OH-]. The Kier molecular flexibility index (Phi) is 9.46. The topological polar surface area (TPSA) is 108 Å². The van der Waals surface area contributed by atoms with Gasteiger partial charge in [0, 0.05) is 54.0 Å². The maximum atomic E-state index is 12.1. The Bertz CT molecular complexity index is 1040. The zero-order valence-corrected chi connectivity index (χ0v) is 24.5. The maximum absolute atomic E-state index is 12.1. The van der Waals surface area contributed by atoms with Gasteiger partial charge in [-0.2, -0.15) is 0 Å². The van der Waals surface area contributed by atoms with Gasteiger partial charge in [-0.1, -0.05) is 20.8 Å². The van der Waals surface area contributed by atoms with Crippen molar-refractivity contribution in [2.45, 2.75) is 110 Å². The fraction of sp³-hybridized carbons (Fsp3) is 0.679. The molecule has 1 fully saturated rings. The molecule has 0 bridgehead atoms. The van der Waals surface area contributed by atoms with E-state index in [1.54, 1.807) is 0 Å². The molecule has 0 saturated carbocycles. The van der Waals surface area contributed by atoms with Gasteiger partial charge in [-0.25, -0.2) is 4.79 Å². The average molecular weight is 522 g/mol. The second-order valence-electron chi connectivity index (χ2n) is 13.2. The quantitative estimate of drug-likeness (QED) is 0.343. The lowest BCUT2D eigenvalue weighted by molar-refractivity contribution is 0.0477. The summed E-state index contributed by atoms with van der Waals surface area (Å²) in [5.41, 5.74) is 3.06. The van der Waals surface area contributed by atoms with Gasteiger partial charge in [0.15, 0.2) is 0 Å². The molecule has 1 saturated heterocycles. The maximum Gasteiger partial charge on any atom is 0.407 e. The molecule has 0 unspecified atom stereocenters. The molecule has 8 heteroatoms. The van der Waals surface area contributed by atoms with Crippen LogP contribution in [-0.2, 0) is 29.5 Å². The fourth-order valence-corrected chi connectivity index (χ4v) is 5.76. The lowest BCUT2D eigenvalue weighted by atomic mass is 9.88. The minimum atomic E-state index is -0.492. The molecule has 4 N–H and O–H groups in total. The number of hydrogen-bond donors (Lipinski definition) is 3. The first-order valence-corrected chi connectivity index (χ1v) is 13.7. The number of alkyl carbamates (subject to hydrolysis) is 1. The molecule has 1 aliphatic heterocycles. The van der Waals surface area contributed by atoms with Gasteiger partial charge in [-0.3, -0.25) is 4.90 Å². The lowest BCUT2D eigenvalue weighted by Gasteiger charge is -2.33. The first kappa shape index (κ1) is 30.3. The number of aromatic hydroxyl groups is 1. The zero-order valence-electron chi connectivity index (χ0n) is 23.6. The van der Waals surface area contributed by atoms with Crippen molar-refractivity contribution in [1.82, 2.24) is 15.2 Å². The number of fused-ring (bicyclic) bond motifs is 1. The van der Waals surface area contributed by atoms with Gasteiger partial charge in [0.2, 0.25) is 5.03 Å². The molecule has 7 nitrogen and oxygen atoms in total. The number of nitrogens with zero attached hydrogens (tertiary/aromatic N) is 1. The third-order valence-corrected chi connectivity index (χ3v) is 7.26. The van der Waals surface area contributed by atoms with Crippen molar-refractivity contribution in [2.24, 2.45) is 5.41 Å². The van der Waals surface area contributed by atoms with Crippen molar-refractivity contribution in [3.8, 4) is 5.75 Å². The number of carbonyl (C=O) groups excluding carboxylic acids is 1. The Labute approximate surface area is 221 Å². The number of hydrogen-bond acceptors (Lipinski definition) is 5. The minimum Gasteiger partial charge on any atom is -0.870 e. The van der Waals surface area contributed by atoms with Gasteiger partial charge in [0.1, 0.15) is 16.1 Å². The standard InChI is InChI=1S/C28H45N3O3S.H2O/c1-26(2,3)16-20-19-10-11-22(32)21(23(19)30-24(20)35-28(7,8)9)17-31-14-12-18(13-15-31)29-25(33)34-27(4,5)6;/h10-11,18,30,32H,12-17H2,1-9H3,(H,29,33);1H2. The fourth-order valence-electron chi connectivity index (χ4n) is 4.59. The number of aromatic amines is 1. The third kappa shape index (κ3) is 8.60. The summed E-state index contributed by atoms with van der Waals surface area (Å²) in [4.78, 5) is 18.2. The summed E-state index contributed by atoms with van der Waals surface area (Å²) in [5, 5.41) is 16.4. The molecule has 2 heterocycles.